The third-order valence-corrected chi connectivity index (χ3v) is 5.91. The van der Waals surface area contributed by atoms with E-state index in [4.69, 9.17) is 0 Å². The first-order valence-corrected chi connectivity index (χ1v) is 7.38. The summed E-state index contributed by atoms with van der Waals surface area (Å²) in [6, 6.07) is 0. The molecule has 104 valence electrons. The molecule has 3 aliphatic rings. The van der Waals surface area contributed by atoms with Crippen LogP contribution in [0.3, 0.4) is 0 Å². The Bertz CT molecular complexity index is 339. The topological polar surface area (TPSA) is 40.5 Å². The molecule has 18 heavy (non-hydrogen) atoms. The van der Waals surface area contributed by atoms with Gasteiger partial charge in [0.15, 0.2) is 0 Å². The van der Waals surface area contributed by atoms with E-state index in [-0.39, 0.29) is 11.0 Å². The van der Waals surface area contributed by atoms with E-state index in [2.05, 4.69) is 27.7 Å². The van der Waals surface area contributed by atoms with Crippen LogP contribution in [0.2, 0.25) is 0 Å². The molecule has 3 fully saturated rings. The predicted molar refractivity (Wildman–Crippen MR) is 72.7 cm³/mol. The number of nitrogens with zero attached hydrogens (tertiary/aromatic N) is 1. The monoisotopic (exact) mass is 253 g/mol. The number of rotatable bonds is 4. The Labute approximate surface area is 111 Å². The van der Waals surface area contributed by atoms with Gasteiger partial charge in [0.2, 0.25) is 0 Å². The molecule has 3 heteroatoms. The molecule has 2 bridgehead atoms. The summed E-state index contributed by atoms with van der Waals surface area (Å²) < 4.78 is 0. The van der Waals surface area contributed by atoms with E-state index in [0.717, 1.165) is 25.2 Å². The summed E-state index contributed by atoms with van der Waals surface area (Å²) in [4.78, 5) is 13.5. The van der Waals surface area contributed by atoms with Crippen molar-refractivity contribution in [2.45, 2.75) is 65.3 Å². The highest BCUT2D eigenvalue weighted by atomic mass is 16.4. The molecule has 3 unspecified atom stereocenters. The van der Waals surface area contributed by atoms with Gasteiger partial charge in [-0.25, -0.2) is 4.79 Å². The highest BCUT2D eigenvalue weighted by Crippen LogP contribution is 2.66. The fourth-order valence-corrected chi connectivity index (χ4v) is 4.61. The van der Waals surface area contributed by atoms with Gasteiger partial charge < -0.3 is 10.0 Å². The molecule has 3 saturated carbocycles. The minimum atomic E-state index is -0.719. The molecular formula is C15H27NO2. The second kappa shape index (κ2) is 4.43. The smallest absolute Gasteiger partial charge is 0.407 e. The fourth-order valence-electron chi connectivity index (χ4n) is 4.61. The summed E-state index contributed by atoms with van der Waals surface area (Å²) in [6.07, 6.45) is 4.85. The molecule has 0 spiro atoms. The van der Waals surface area contributed by atoms with Crippen LogP contribution in [0, 0.1) is 17.3 Å². The Balaban J connectivity index is 2.29. The van der Waals surface area contributed by atoms with Crippen molar-refractivity contribution < 1.29 is 9.90 Å². The zero-order chi connectivity index (χ0) is 13.6. The number of amides is 1. The van der Waals surface area contributed by atoms with E-state index in [1.54, 1.807) is 4.90 Å². The lowest BCUT2D eigenvalue weighted by atomic mass is 9.40. The van der Waals surface area contributed by atoms with E-state index in [1.165, 1.54) is 12.8 Å². The summed E-state index contributed by atoms with van der Waals surface area (Å²) in [6.45, 7) is 9.62. The van der Waals surface area contributed by atoms with Gasteiger partial charge in [0.25, 0.3) is 0 Å². The van der Waals surface area contributed by atoms with E-state index in [9.17, 15) is 9.90 Å². The quantitative estimate of drug-likeness (QED) is 0.823. The average Bonchev–Trinajstić information content (AvgIpc) is 2.30. The van der Waals surface area contributed by atoms with Crippen LogP contribution in [0.5, 0.6) is 0 Å². The first-order valence-electron chi connectivity index (χ1n) is 7.38. The standard InChI is InChI=1S/C15H27NO2/c1-5-6-9-16(13(17)18)15-10-12(14(15,3)4)8-7-11(15)2/h11-12H,5-10H2,1-4H3,(H,17,18). The van der Waals surface area contributed by atoms with Crippen molar-refractivity contribution in [3.63, 3.8) is 0 Å². The zero-order valence-electron chi connectivity index (χ0n) is 12.2. The van der Waals surface area contributed by atoms with E-state index in [0.29, 0.717) is 12.5 Å². The Morgan fingerprint density at radius 2 is 2.06 bits per heavy atom. The van der Waals surface area contributed by atoms with Crippen molar-refractivity contribution in [3.05, 3.63) is 0 Å². The zero-order valence-corrected chi connectivity index (χ0v) is 12.2. The highest BCUT2D eigenvalue weighted by molar-refractivity contribution is 5.67. The first-order chi connectivity index (χ1) is 8.38. The molecular weight excluding hydrogens is 226 g/mol. The SMILES string of the molecule is CCCCN(C(=O)O)C12CC(CCC1C)C2(C)C. The number of unbranched alkanes of at least 4 members (excludes halogenated alkanes) is 1. The van der Waals surface area contributed by atoms with Gasteiger partial charge >= 0.3 is 6.09 Å². The van der Waals surface area contributed by atoms with Crippen LogP contribution in [0.1, 0.15) is 59.8 Å². The molecule has 0 aliphatic heterocycles. The fraction of sp³-hybridized carbons (Fsp3) is 0.933. The molecule has 1 N–H and O–H groups in total. The number of carbonyl (C=O) groups is 1. The van der Waals surface area contributed by atoms with Crippen LogP contribution in [-0.4, -0.2) is 28.2 Å². The maximum absolute atomic E-state index is 11.7. The Morgan fingerprint density at radius 1 is 1.39 bits per heavy atom. The lowest BCUT2D eigenvalue weighted by Crippen LogP contribution is -2.75. The molecule has 3 nitrogen and oxygen atoms in total. The second-order valence-electron chi connectivity index (χ2n) is 6.81. The molecule has 0 aromatic rings. The van der Waals surface area contributed by atoms with Crippen molar-refractivity contribution >= 4 is 6.09 Å². The van der Waals surface area contributed by atoms with Crippen LogP contribution in [-0.2, 0) is 0 Å². The van der Waals surface area contributed by atoms with Crippen molar-refractivity contribution in [1.82, 2.24) is 4.90 Å². The van der Waals surface area contributed by atoms with E-state index >= 15 is 0 Å². The maximum Gasteiger partial charge on any atom is 0.407 e. The van der Waals surface area contributed by atoms with Crippen molar-refractivity contribution in [1.29, 1.82) is 0 Å². The summed E-state index contributed by atoms with van der Waals surface area (Å²) in [5.41, 5.74) is 0.0493. The van der Waals surface area contributed by atoms with Gasteiger partial charge in [0, 0.05) is 6.54 Å². The van der Waals surface area contributed by atoms with Crippen LogP contribution >= 0.6 is 0 Å². The average molecular weight is 253 g/mol. The van der Waals surface area contributed by atoms with Crippen LogP contribution in [0.4, 0.5) is 4.79 Å². The number of fused-ring (bicyclic) bond motifs is 2. The van der Waals surface area contributed by atoms with Gasteiger partial charge in [-0.1, -0.05) is 34.1 Å². The number of hydrogen-bond acceptors (Lipinski definition) is 1. The van der Waals surface area contributed by atoms with Gasteiger partial charge in [-0.15, -0.1) is 0 Å². The molecule has 3 rings (SSSR count). The van der Waals surface area contributed by atoms with Gasteiger partial charge in [-0.3, -0.25) is 0 Å². The molecule has 0 radical (unpaired) electrons. The van der Waals surface area contributed by atoms with Crippen molar-refractivity contribution in [3.8, 4) is 0 Å². The lowest BCUT2D eigenvalue weighted by Gasteiger charge is -2.71. The molecule has 0 saturated heterocycles. The highest BCUT2D eigenvalue weighted by Gasteiger charge is 2.67. The van der Waals surface area contributed by atoms with Crippen LogP contribution in [0.15, 0.2) is 0 Å². The van der Waals surface area contributed by atoms with E-state index < -0.39 is 6.09 Å². The Kier molecular flexibility index (Phi) is 3.37. The summed E-state index contributed by atoms with van der Waals surface area (Å²) >= 11 is 0. The summed E-state index contributed by atoms with van der Waals surface area (Å²) in [5.74, 6) is 1.21. The largest absolute Gasteiger partial charge is 0.465 e. The molecule has 3 atom stereocenters. The second-order valence-corrected chi connectivity index (χ2v) is 6.81. The van der Waals surface area contributed by atoms with Crippen molar-refractivity contribution in [2.75, 3.05) is 6.54 Å². The minimum Gasteiger partial charge on any atom is -0.465 e. The third kappa shape index (κ3) is 1.59. The van der Waals surface area contributed by atoms with Crippen LogP contribution in [0.25, 0.3) is 0 Å². The normalized spacial score (nSPS) is 36.9. The lowest BCUT2D eigenvalue weighted by molar-refractivity contribution is -0.200. The van der Waals surface area contributed by atoms with Gasteiger partial charge in [0.05, 0.1) is 5.54 Å². The number of hydrogen-bond donors (Lipinski definition) is 1. The first kappa shape index (κ1) is 13.7. The van der Waals surface area contributed by atoms with Crippen molar-refractivity contribution in [2.24, 2.45) is 17.3 Å². The molecule has 3 aliphatic carbocycles. The van der Waals surface area contributed by atoms with Gasteiger partial charge in [0.1, 0.15) is 0 Å². The van der Waals surface area contributed by atoms with Gasteiger partial charge in [-0.05, 0) is 42.9 Å². The minimum absolute atomic E-state index is 0.100. The molecule has 1 amide bonds. The van der Waals surface area contributed by atoms with E-state index in [1.807, 2.05) is 0 Å². The Morgan fingerprint density at radius 3 is 2.50 bits per heavy atom. The van der Waals surface area contributed by atoms with Gasteiger partial charge in [-0.2, -0.15) is 0 Å². The summed E-state index contributed by atoms with van der Waals surface area (Å²) in [5, 5.41) is 9.62. The number of carboxylic acid groups (broad SMARTS) is 1. The Hall–Kier alpha value is -0.730. The predicted octanol–water partition coefficient (Wildman–Crippen LogP) is 3.98. The van der Waals surface area contributed by atoms with Crippen LogP contribution < -0.4 is 0 Å². The summed E-state index contributed by atoms with van der Waals surface area (Å²) in [7, 11) is 0. The maximum atomic E-state index is 11.7. The molecule has 0 heterocycles. The molecule has 0 aromatic heterocycles. The third-order valence-electron chi connectivity index (χ3n) is 5.91. The molecule has 0 aromatic carbocycles.